The first-order valence-electron chi connectivity index (χ1n) is 8.76. The third-order valence-electron chi connectivity index (χ3n) is 4.93. The molecule has 1 amide bonds. The molecule has 8 nitrogen and oxygen atoms in total. The Morgan fingerprint density at radius 3 is 2.92 bits per heavy atom. The fraction of sp³-hybridized carbons (Fsp3) is 0.389. The SMILES string of the molecule is N#C[C@H]1CC[C@H](CNC(=O)c2nc(-n3ccnc3)nc3cc[nH]c23)CC1. The lowest BCUT2D eigenvalue weighted by Gasteiger charge is -2.24. The molecule has 0 aliphatic heterocycles. The van der Waals surface area contributed by atoms with E-state index in [0.29, 0.717) is 35.1 Å². The lowest BCUT2D eigenvalue weighted by Crippen LogP contribution is -2.32. The van der Waals surface area contributed by atoms with E-state index in [1.807, 2.05) is 6.07 Å². The highest BCUT2D eigenvalue weighted by Crippen LogP contribution is 2.27. The van der Waals surface area contributed by atoms with Crippen LogP contribution in [0.3, 0.4) is 0 Å². The summed E-state index contributed by atoms with van der Waals surface area (Å²) in [5, 5.41) is 12.0. The van der Waals surface area contributed by atoms with E-state index in [4.69, 9.17) is 5.26 Å². The van der Waals surface area contributed by atoms with Gasteiger partial charge in [-0.25, -0.2) is 15.0 Å². The van der Waals surface area contributed by atoms with Crippen LogP contribution >= 0.6 is 0 Å². The van der Waals surface area contributed by atoms with Crippen LogP contribution in [0.25, 0.3) is 17.0 Å². The van der Waals surface area contributed by atoms with E-state index >= 15 is 0 Å². The molecule has 4 rings (SSSR count). The second-order valence-electron chi connectivity index (χ2n) is 6.64. The molecule has 1 saturated carbocycles. The highest BCUT2D eigenvalue weighted by molar-refractivity contribution is 6.03. The van der Waals surface area contributed by atoms with E-state index in [9.17, 15) is 4.79 Å². The van der Waals surface area contributed by atoms with Crippen molar-refractivity contribution in [2.75, 3.05) is 6.54 Å². The molecule has 3 aromatic rings. The van der Waals surface area contributed by atoms with Gasteiger partial charge in [0, 0.05) is 31.1 Å². The van der Waals surface area contributed by atoms with Crippen molar-refractivity contribution in [1.82, 2.24) is 29.8 Å². The van der Waals surface area contributed by atoms with Gasteiger partial charge in [0.2, 0.25) is 5.95 Å². The Labute approximate surface area is 150 Å². The average Bonchev–Trinajstić information content (AvgIpc) is 3.37. The summed E-state index contributed by atoms with van der Waals surface area (Å²) in [5.41, 5.74) is 1.64. The predicted molar refractivity (Wildman–Crippen MR) is 94.4 cm³/mol. The molecule has 0 unspecified atom stereocenters. The molecule has 0 atom stereocenters. The fourth-order valence-electron chi connectivity index (χ4n) is 3.41. The number of H-pyrrole nitrogens is 1. The van der Waals surface area contributed by atoms with Crippen LogP contribution in [0.4, 0.5) is 0 Å². The molecule has 0 radical (unpaired) electrons. The van der Waals surface area contributed by atoms with Gasteiger partial charge in [0.25, 0.3) is 5.91 Å². The molecular weight excluding hydrogens is 330 g/mol. The van der Waals surface area contributed by atoms with Crippen LogP contribution in [-0.4, -0.2) is 37.0 Å². The van der Waals surface area contributed by atoms with Crippen molar-refractivity contribution < 1.29 is 4.79 Å². The molecule has 132 valence electrons. The molecule has 3 aromatic heterocycles. The topological polar surface area (TPSA) is 112 Å². The standard InChI is InChI=1S/C18H19N7O/c19-9-12-1-3-13(4-2-12)10-22-17(26)16-15-14(5-6-21-15)23-18(24-16)25-8-7-20-11-25/h5-8,11-13,21H,1-4,10H2,(H,22,26)/t12-,13-. The van der Waals surface area contributed by atoms with Gasteiger partial charge in [-0.2, -0.15) is 5.26 Å². The zero-order valence-corrected chi connectivity index (χ0v) is 14.2. The van der Waals surface area contributed by atoms with Gasteiger partial charge in [-0.1, -0.05) is 0 Å². The number of aromatic nitrogens is 5. The Hall–Kier alpha value is -3.21. The van der Waals surface area contributed by atoms with Crippen molar-refractivity contribution in [3.63, 3.8) is 0 Å². The molecule has 2 N–H and O–H groups in total. The van der Waals surface area contributed by atoms with Gasteiger partial charge < -0.3 is 10.3 Å². The number of rotatable bonds is 4. The molecule has 0 spiro atoms. The van der Waals surface area contributed by atoms with Crippen molar-refractivity contribution in [2.24, 2.45) is 11.8 Å². The van der Waals surface area contributed by atoms with Crippen molar-refractivity contribution in [2.45, 2.75) is 25.7 Å². The first-order valence-corrected chi connectivity index (χ1v) is 8.76. The Bertz CT molecular complexity index is 946. The van der Waals surface area contributed by atoms with Gasteiger partial charge in [0.15, 0.2) is 5.69 Å². The van der Waals surface area contributed by atoms with Gasteiger partial charge in [0.1, 0.15) is 6.33 Å². The molecule has 1 aliphatic carbocycles. The Balaban J connectivity index is 1.51. The average molecular weight is 349 g/mol. The number of hydrogen-bond donors (Lipinski definition) is 2. The highest BCUT2D eigenvalue weighted by Gasteiger charge is 2.22. The number of carbonyl (C=O) groups excluding carboxylic acids is 1. The highest BCUT2D eigenvalue weighted by atomic mass is 16.1. The van der Waals surface area contributed by atoms with Crippen LogP contribution in [0.2, 0.25) is 0 Å². The van der Waals surface area contributed by atoms with Crippen LogP contribution in [0.1, 0.15) is 36.2 Å². The summed E-state index contributed by atoms with van der Waals surface area (Å²) in [5.74, 6) is 0.774. The van der Waals surface area contributed by atoms with E-state index in [1.165, 1.54) is 0 Å². The number of nitrogens with one attached hydrogen (secondary N) is 2. The largest absolute Gasteiger partial charge is 0.358 e. The maximum absolute atomic E-state index is 12.7. The number of hydrogen-bond acceptors (Lipinski definition) is 5. The summed E-state index contributed by atoms with van der Waals surface area (Å²) in [6, 6.07) is 4.15. The number of imidazole rings is 1. The number of carbonyl (C=O) groups is 1. The molecular formula is C18H19N7O. The summed E-state index contributed by atoms with van der Waals surface area (Å²) >= 11 is 0. The second kappa shape index (κ2) is 6.96. The number of nitriles is 1. The second-order valence-corrected chi connectivity index (χ2v) is 6.64. The summed E-state index contributed by atoms with van der Waals surface area (Å²) < 4.78 is 1.67. The van der Waals surface area contributed by atoms with E-state index in [2.05, 4.69) is 31.3 Å². The van der Waals surface area contributed by atoms with Gasteiger partial charge in [0.05, 0.1) is 17.1 Å². The monoisotopic (exact) mass is 349 g/mol. The first-order chi connectivity index (χ1) is 12.7. The van der Waals surface area contributed by atoms with Crippen LogP contribution in [0.15, 0.2) is 31.0 Å². The normalized spacial score (nSPS) is 20.0. The molecule has 0 bridgehead atoms. The van der Waals surface area contributed by atoms with Crippen molar-refractivity contribution in [1.29, 1.82) is 5.26 Å². The van der Waals surface area contributed by atoms with Crippen LogP contribution in [0, 0.1) is 23.2 Å². The lowest BCUT2D eigenvalue weighted by atomic mass is 9.83. The molecule has 0 aromatic carbocycles. The number of nitrogens with zero attached hydrogens (tertiary/aromatic N) is 5. The third-order valence-corrected chi connectivity index (χ3v) is 4.93. The number of aromatic amines is 1. The van der Waals surface area contributed by atoms with Crippen molar-refractivity contribution in [3.05, 3.63) is 36.7 Å². The van der Waals surface area contributed by atoms with E-state index in [-0.39, 0.29) is 11.8 Å². The third kappa shape index (κ3) is 3.16. The fourth-order valence-corrected chi connectivity index (χ4v) is 3.41. The predicted octanol–water partition coefficient (Wildman–Crippen LogP) is 2.20. The van der Waals surface area contributed by atoms with E-state index in [0.717, 1.165) is 25.7 Å². The summed E-state index contributed by atoms with van der Waals surface area (Å²) in [6.45, 7) is 0.601. The van der Waals surface area contributed by atoms with Gasteiger partial charge >= 0.3 is 0 Å². The smallest absolute Gasteiger partial charge is 0.272 e. The number of amides is 1. The summed E-state index contributed by atoms with van der Waals surface area (Å²) in [4.78, 5) is 28.7. The molecule has 8 heteroatoms. The van der Waals surface area contributed by atoms with Gasteiger partial charge in [-0.15, -0.1) is 0 Å². The molecule has 1 aliphatic rings. The molecule has 1 fully saturated rings. The minimum atomic E-state index is -0.219. The first kappa shape index (κ1) is 16.3. The lowest BCUT2D eigenvalue weighted by molar-refractivity contribution is 0.0939. The maximum Gasteiger partial charge on any atom is 0.272 e. The van der Waals surface area contributed by atoms with Crippen LogP contribution in [0.5, 0.6) is 0 Å². The van der Waals surface area contributed by atoms with Crippen LogP contribution < -0.4 is 5.32 Å². The van der Waals surface area contributed by atoms with Gasteiger partial charge in [-0.3, -0.25) is 9.36 Å². The van der Waals surface area contributed by atoms with E-state index in [1.54, 1.807) is 29.5 Å². The molecule has 3 heterocycles. The molecule has 26 heavy (non-hydrogen) atoms. The molecule has 0 saturated heterocycles. The van der Waals surface area contributed by atoms with Gasteiger partial charge in [-0.05, 0) is 37.7 Å². The Morgan fingerprint density at radius 1 is 1.35 bits per heavy atom. The minimum absolute atomic E-state index is 0.167. The zero-order chi connectivity index (χ0) is 17.9. The maximum atomic E-state index is 12.7. The van der Waals surface area contributed by atoms with Crippen LogP contribution in [-0.2, 0) is 0 Å². The summed E-state index contributed by atoms with van der Waals surface area (Å²) in [6.07, 6.45) is 10.5. The minimum Gasteiger partial charge on any atom is -0.358 e. The van der Waals surface area contributed by atoms with Crippen molar-refractivity contribution >= 4 is 16.9 Å². The van der Waals surface area contributed by atoms with E-state index < -0.39 is 0 Å². The summed E-state index contributed by atoms with van der Waals surface area (Å²) in [7, 11) is 0. The Morgan fingerprint density at radius 2 is 2.19 bits per heavy atom. The Kier molecular flexibility index (Phi) is 4.35. The number of fused-ring (bicyclic) bond motifs is 1. The van der Waals surface area contributed by atoms with Crippen molar-refractivity contribution in [3.8, 4) is 12.0 Å². The quantitative estimate of drug-likeness (QED) is 0.750. The zero-order valence-electron chi connectivity index (χ0n) is 14.2.